The maximum absolute atomic E-state index is 12.4. The van der Waals surface area contributed by atoms with Crippen LogP contribution in [0.25, 0.3) is 11.5 Å². The van der Waals surface area contributed by atoms with Gasteiger partial charge in [0, 0.05) is 58.7 Å². The molecule has 148 valence electrons. The van der Waals surface area contributed by atoms with Crippen LogP contribution in [0, 0.1) is 0 Å². The molecule has 0 spiro atoms. The Kier molecular flexibility index (Phi) is 5.89. The summed E-state index contributed by atoms with van der Waals surface area (Å²) in [5.41, 5.74) is 0.379. The van der Waals surface area contributed by atoms with Crippen molar-refractivity contribution in [3.63, 3.8) is 0 Å². The Morgan fingerprint density at radius 2 is 2.07 bits per heavy atom. The van der Waals surface area contributed by atoms with Crippen molar-refractivity contribution in [1.29, 1.82) is 0 Å². The molecule has 1 aliphatic rings. The van der Waals surface area contributed by atoms with Crippen molar-refractivity contribution in [3.8, 4) is 11.5 Å². The maximum Gasteiger partial charge on any atom is 0.281 e. The van der Waals surface area contributed by atoms with Crippen LogP contribution in [-0.2, 0) is 20.4 Å². The fourth-order valence-electron chi connectivity index (χ4n) is 3.30. The normalized spacial score (nSPS) is 18.1. The first kappa shape index (κ1) is 19.9. The van der Waals surface area contributed by atoms with Crippen molar-refractivity contribution in [2.24, 2.45) is 0 Å². The van der Waals surface area contributed by atoms with Crippen LogP contribution in [-0.4, -0.2) is 73.1 Å². The third-order valence-electron chi connectivity index (χ3n) is 5.06. The highest BCUT2D eigenvalue weighted by molar-refractivity contribution is 7.86. The van der Waals surface area contributed by atoms with Gasteiger partial charge in [0.25, 0.3) is 16.1 Å². The molecule has 1 aliphatic heterocycles. The first-order chi connectivity index (χ1) is 12.9. The van der Waals surface area contributed by atoms with Crippen LogP contribution in [0.2, 0.25) is 0 Å². The Morgan fingerprint density at radius 3 is 2.67 bits per heavy atom. The number of aromatic nitrogens is 3. The van der Waals surface area contributed by atoms with Crippen molar-refractivity contribution < 1.29 is 17.7 Å². The van der Waals surface area contributed by atoms with Gasteiger partial charge in [-0.15, -0.1) is 0 Å². The van der Waals surface area contributed by atoms with Gasteiger partial charge in [0.2, 0.25) is 0 Å². The summed E-state index contributed by atoms with van der Waals surface area (Å²) in [5, 5.41) is 4.22. The van der Waals surface area contributed by atoms with E-state index in [9.17, 15) is 8.42 Å². The van der Waals surface area contributed by atoms with E-state index in [2.05, 4.69) is 15.1 Å². The maximum atomic E-state index is 12.4. The topological polar surface area (TPSA) is 102 Å². The van der Waals surface area contributed by atoms with Gasteiger partial charge in [-0.05, 0) is 31.4 Å². The summed E-state index contributed by atoms with van der Waals surface area (Å²) >= 11 is 0. The molecule has 27 heavy (non-hydrogen) atoms. The monoisotopic (exact) mass is 395 g/mol. The minimum atomic E-state index is -3.43. The van der Waals surface area contributed by atoms with E-state index in [0.717, 1.165) is 5.56 Å². The molecule has 0 bridgehead atoms. The molecule has 0 N–H and O–H groups in total. The summed E-state index contributed by atoms with van der Waals surface area (Å²) in [6, 6.07) is 3.67. The van der Waals surface area contributed by atoms with Crippen LogP contribution < -0.4 is 0 Å². The van der Waals surface area contributed by atoms with E-state index in [1.54, 1.807) is 33.6 Å². The van der Waals surface area contributed by atoms with Gasteiger partial charge in [-0.3, -0.25) is 4.98 Å². The summed E-state index contributed by atoms with van der Waals surface area (Å²) in [6.45, 7) is 1.35. The van der Waals surface area contributed by atoms with Gasteiger partial charge in [0.15, 0.2) is 5.82 Å². The molecule has 1 fully saturated rings. The highest BCUT2D eigenvalue weighted by Crippen LogP contribution is 2.38. The molecule has 0 aliphatic carbocycles. The molecule has 0 unspecified atom stereocenters. The van der Waals surface area contributed by atoms with E-state index in [1.165, 1.54) is 8.61 Å². The average Bonchev–Trinajstić information content (AvgIpc) is 3.18. The van der Waals surface area contributed by atoms with E-state index >= 15 is 0 Å². The summed E-state index contributed by atoms with van der Waals surface area (Å²) < 4.78 is 38.3. The van der Waals surface area contributed by atoms with Gasteiger partial charge in [-0.1, -0.05) is 5.16 Å². The number of ether oxygens (including phenoxy) is 1. The summed E-state index contributed by atoms with van der Waals surface area (Å²) in [5.74, 6) is 1.01. The molecule has 2 aromatic heterocycles. The van der Waals surface area contributed by atoms with Crippen LogP contribution in [0.1, 0.15) is 25.1 Å². The predicted molar refractivity (Wildman–Crippen MR) is 99.1 cm³/mol. The number of piperidine rings is 1. The molecule has 0 aromatic carbocycles. The highest BCUT2D eigenvalue weighted by Gasteiger charge is 2.43. The van der Waals surface area contributed by atoms with Crippen molar-refractivity contribution in [2.75, 3.05) is 40.9 Å². The largest absolute Gasteiger partial charge is 0.385 e. The zero-order valence-electron chi connectivity index (χ0n) is 15.8. The molecule has 3 rings (SSSR count). The fourth-order valence-corrected chi connectivity index (χ4v) is 4.41. The van der Waals surface area contributed by atoms with E-state index in [4.69, 9.17) is 9.26 Å². The van der Waals surface area contributed by atoms with Crippen LogP contribution in [0.15, 0.2) is 29.0 Å². The number of hydrogen-bond donors (Lipinski definition) is 0. The Balaban J connectivity index is 1.84. The molecule has 9 nitrogen and oxygen atoms in total. The SMILES string of the molecule is COCCC1(c2noc(-c3cccnc3)n2)CCN(S(=O)(=O)N(C)C)CC1. The van der Waals surface area contributed by atoms with Gasteiger partial charge in [0.05, 0.1) is 5.56 Å². The average molecular weight is 395 g/mol. The van der Waals surface area contributed by atoms with Crippen molar-refractivity contribution in [1.82, 2.24) is 23.7 Å². The summed E-state index contributed by atoms with van der Waals surface area (Å²) in [7, 11) is 1.31. The lowest BCUT2D eigenvalue weighted by atomic mass is 9.75. The number of pyridine rings is 1. The Labute approximate surface area is 159 Å². The van der Waals surface area contributed by atoms with Gasteiger partial charge in [0.1, 0.15) is 0 Å². The Hall–Kier alpha value is -1.88. The van der Waals surface area contributed by atoms with E-state index in [0.29, 0.717) is 50.7 Å². The molecule has 0 atom stereocenters. The molecular weight excluding hydrogens is 370 g/mol. The first-order valence-electron chi connectivity index (χ1n) is 8.80. The quantitative estimate of drug-likeness (QED) is 0.696. The van der Waals surface area contributed by atoms with Crippen molar-refractivity contribution >= 4 is 10.2 Å². The van der Waals surface area contributed by atoms with Crippen LogP contribution in [0.4, 0.5) is 0 Å². The molecule has 3 heterocycles. The molecule has 0 saturated carbocycles. The number of hydrogen-bond acceptors (Lipinski definition) is 7. The minimum absolute atomic E-state index is 0.377. The third-order valence-corrected chi connectivity index (χ3v) is 7.00. The summed E-state index contributed by atoms with van der Waals surface area (Å²) in [6.07, 6.45) is 5.27. The lowest BCUT2D eigenvalue weighted by Crippen LogP contribution is -2.49. The van der Waals surface area contributed by atoms with Gasteiger partial charge in [-0.25, -0.2) is 0 Å². The van der Waals surface area contributed by atoms with Crippen molar-refractivity contribution in [2.45, 2.75) is 24.7 Å². The molecular formula is C17H25N5O4S. The van der Waals surface area contributed by atoms with E-state index in [-0.39, 0.29) is 5.41 Å². The molecule has 0 amide bonds. The van der Waals surface area contributed by atoms with E-state index < -0.39 is 10.2 Å². The molecule has 10 heteroatoms. The van der Waals surface area contributed by atoms with Crippen LogP contribution in [0.3, 0.4) is 0 Å². The first-order valence-corrected chi connectivity index (χ1v) is 10.2. The molecule has 1 saturated heterocycles. The fraction of sp³-hybridized carbons (Fsp3) is 0.588. The number of nitrogens with zero attached hydrogens (tertiary/aromatic N) is 5. The van der Waals surface area contributed by atoms with Gasteiger partial charge in [-0.2, -0.15) is 22.0 Å². The van der Waals surface area contributed by atoms with Gasteiger partial charge < -0.3 is 9.26 Å². The highest BCUT2D eigenvalue weighted by atomic mass is 32.2. The minimum Gasteiger partial charge on any atom is -0.385 e. The van der Waals surface area contributed by atoms with E-state index in [1.807, 2.05) is 12.1 Å². The molecule has 2 aromatic rings. The lowest BCUT2D eigenvalue weighted by molar-refractivity contribution is 0.130. The zero-order chi connectivity index (χ0) is 19.5. The zero-order valence-corrected chi connectivity index (χ0v) is 16.6. The van der Waals surface area contributed by atoms with Crippen LogP contribution in [0.5, 0.6) is 0 Å². The standard InChI is InChI=1S/C17H25N5O4S/c1-21(2)27(23,24)22-10-6-17(7-11-22,8-12-25-3)16-19-15(26-20-16)14-5-4-9-18-13-14/h4-5,9,13H,6-8,10-12H2,1-3H3. The lowest BCUT2D eigenvalue weighted by Gasteiger charge is -2.39. The number of rotatable bonds is 7. The smallest absolute Gasteiger partial charge is 0.281 e. The van der Waals surface area contributed by atoms with Gasteiger partial charge >= 0.3 is 0 Å². The predicted octanol–water partition coefficient (Wildman–Crippen LogP) is 1.31. The molecule has 0 radical (unpaired) electrons. The van der Waals surface area contributed by atoms with Crippen molar-refractivity contribution in [3.05, 3.63) is 30.4 Å². The number of methoxy groups -OCH3 is 1. The Bertz CT molecular complexity index is 845. The Morgan fingerprint density at radius 1 is 1.33 bits per heavy atom. The second kappa shape index (κ2) is 8.01. The second-order valence-electron chi connectivity index (χ2n) is 6.88. The second-order valence-corrected chi connectivity index (χ2v) is 9.02. The third kappa shape index (κ3) is 4.03. The van der Waals surface area contributed by atoms with Crippen LogP contribution >= 0.6 is 0 Å². The summed E-state index contributed by atoms with van der Waals surface area (Å²) in [4.78, 5) is 8.68.